The molecule has 5 heteroatoms. The third-order valence-electron chi connectivity index (χ3n) is 2.16. The molecule has 0 saturated heterocycles. The van der Waals surface area contributed by atoms with Crippen molar-refractivity contribution in [2.24, 2.45) is 0 Å². The zero-order chi connectivity index (χ0) is 14.1. The van der Waals surface area contributed by atoms with Crippen molar-refractivity contribution in [3.63, 3.8) is 0 Å². The van der Waals surface area contributed by atoms with Crippen LogP contribution in [-0.4, -0.2) is 30.3 Å². The minimum atomic E-state index is -1.04. The van der Waals surface area contributed by atoms with Crippen molar-refractivity contribution in [1.29, 1.82) is 0 Å². The highest BCUT2D eigenvalue weighted by Crippen LogP contribution is 2.19. The van der Waals surface area contributed by atoms with Crippen LogP contribution in [0.4, 0.5) is 0 Å². The molecule has 0 aliphatic carbocycles. The van der Waals surface area contributed by atoms with E-state index in [-0.39, 0.29) is 12.4 Å². The van der Waals surface area contributed by atoms with Crippen molar-refractivity contribution < 1.29 is 24.2 Å². The number of carboxylic acids is 1. The molecule has 1 N–H and O–H groups in total. The van der Waals surface area contributed by atoms with Crippen molar-refractivity contribution in [2.75, 3.05) is 13.2 Å². The Kier molecular flexibility index (Phi) is 6.15. The molecule has 0 saturated carbocycles. The fraction of sp³-hybridized carbons (Fsp3) is 0.286. The van der Waals surface area contributed by atoms with Gasteiger partial charge in [-0.1, -0.05) is 30.4 Å². The fourth-order valence-electron chi connectivity index (χ4n) is 1.39. The first kappa shape index (κ1) is 14.8. The number of carbonyl (C=O) groups is 2. The molecule has 1 aromatic rings. The van der Waals surface area contributed by atoms with E-state index in [9.17, 15) is 9.59 Å². The Labute approximate surface area is 111 Å². The first-order valence-corrected chi connectivity index (χ1v) is 5.89. The summed E-state index contributed by atoms with van der Waals surface area (Å²) < 4.78 is 9.93. The summed E-state index contributed by atoms with van der Waals surface area (Å²) in [5.74, 6) is -0.877. The molecule has 0 fully saturated rings. The lowest BCUT2D eigenvalue weighted by atomic mass is 10.2. The Hall–Kier alpha value is -2.30. The Morgan fingerprint density at radius 3 is 2.74 bits per heavy atom. The smallest absolute Gasteiger partial charge is 0.341 e. The van der Waals surface area contributed by atoms with Crippen LogP contribution in [0.25, 0.3) is 6.08 Å². The summed E-state index contributed by atoms with van der Waals surface area (Å²) in [7, 11) is 0. The molecule has 102 valence electrons. The van der Waals surface area contributed by atoms with Crippen LogP contribution < -0.4 is 4.74 Å². The number of esters is 1. The molecule has 1 aromatic carbocycles. The molecule has 0 bridgehead atoms. The molecule has 5 nitrogen and oxygen atoms in total. The number of ether oxygens (including phenoxy) is 2. The van der Waals surface area contributed by atoms with E-state index < -0.39 is 12.6 Å². The van der Waals surface area contributed by atoms with Gasteiger partial charge in [-0.15, -0.1) is 0 Å². The first-order valence-electron chi connectivity index (χ1n) is 5.89. The van der Waals surface area contributed by atoms with Crippen LogP contribution in [0.3, 0.4) is 0 Å². The fourth-order valence-corrected chi connectivity index (χ4v) is 1.39. The maximum atomic E-state index is 11.2. The van der Waals surface area contributed by atoms with Crippen molar-refractivity contribution >= 4 is 18.0 Å². The van der Waals surface area contributed by atoms with Gasteiger partial charge in [0.2, 0.25) is 0 Å². The second-order valence-electron chi connectivity index (χ2n) is 3.63. The Morgan fingerprint density at radius 1 is 1.32 bits per heavy atom. The normalized spacial score (nSPS) is 10.4. The monoisotopic (exact) mass is 264 g/mol. The van der Waals surface area contributed by atoms with Crippen molar-refractivity contribution in [2.45, 2.75) is 13.3 Å². The van der Waals surface area contributed by atoms with Gasteiger partial charge in [-0.25, -0.2) is 4.79 Å². The Balaban J connectivity index is 2.64. The molecular weight excluding hydrogens is 248 g/mol. The van der Waals surface area contributed by atoms with Crippen molar-refractivity contribution in [3.8, 4) is 5.75 Å². The third kappa shape index (κ3) is 5.72. The van der Waals surface area contributed by atoms with Crippen molar-refractivity contribution in [3.05, 3.63) is 35.9 Å². The number of aliphatic carboxylic acids is 1. The Bertz CT molecular complexity index is 465. The number of para-hydroxylation sites is 1. The van der Waals surface area contributed by atoms with Crippen LogP contribution in [-0.2, 0) is 14.3 Å². The summed E-state index contributed by atoms with van der Waals surface area (Å²) in [6.07, 6.45) is 3.52. The van der Waals surface area contributed by atoms with Gasteiger partial charge in [0.1, 0.15) is 5.75 Å². The molecule has 0 heterocycles. The quantitative estimate of drug-likeness (QED) is 0.764. The maximum absolute atomic E-state index is 11.2. The van der Waals surface area contributed by atoms with E-state index in [1.807, 2.05) is 0 Å². The van der Waals surface area contributed by atoms with E-state index in [2.05, 4.69) is 0 Å². The van der Waals surface area contributed by atoms with E-state index in [1.54, 1.807) is 43.3 Å². The van der Waals surface area contributed by atoms with Gasteiger partial charge in [0.05, 0.1) is 13.0 Å². The Morgan fingerprint density at radius 2 is 2.05 bits per heavy atom. The highest BCUT2D eigenvalue weighted by molar-refractivity contribution is 5.73. The molecule has 0 unspecified atom stereocenters. The lowest BCUT2D eigenvalue weighted by molar-refractivity contribution is -0.142. The number of rotatable bonds is 7. The minimum Gasteiger partial charge on any atom is -0.481 e. The summed E-state index contributed by atoms with van der Waals surface area (Å²) >= 11 is 0. The lowest BCUT2D eigenvalue weighted by Crippen LogP contribution is -2.09. The van der Waals surface area contributed by atoms with Gasteiger partial charge in [-0.3, -0.25) is 4.79 Å². The maximum Gasteiger partial charge on any atom is 0.341 e. The van der Waals surface area contributed by atoms with Crippen LogP contribution in [0.1, 0.15) is 18.9 Å². The number of benzene rings is 1. The summed E-state index contributed by atoms with van der Waals surface area (Å²) in [5.41, 5.74) is 0.716. The summed E-state index contributed by atoms with van der Waals surface area (Å²) in [6.45, 7) is 1.70. The summed E-state index contributed by atoms with van der Waals surface area (Å²) in [5, 5.41) is 8.57. The summed E-state index contributed by atoms with van der Waals surface area (Å²) in [6, 6.07) is 7.00. The molecule has 0 atom stereocenters. The van der Waals surface area contributed by atoms with Crippen LogP contribution in [0.2, 0.25) is 0 Å². The number of hydrogen-bond acceptors (Lipinski definition) is 4. The zero-order valence-electron chi connectivity index (χ0n) is 10.7. The number of hydrogen-bond donors (Lipinski definition) is 1. The predicted molar refractivity (Wildman–Crippen MR) is 69.9 cm³/mol. The van der Waals surface area contributed by atoms with E-state index in [0.29, 0.717) is 17.9 Å². The van der Waals surface area contributed by atoms with E-state index in [1.165, 1.54) is 0 Å². The molecule has 0 spiro atoms. The van der Waals surface area contributed by atoms with E-state index in [4.69, 9.17) is 14.6 Å². The molecule has 0 aliphatic heterocycles. The minimum absolute atomic E-state index is 0.168. The van der Waals surface area contributed by atoms with Gasteiger partial charge in [-0.2, -0.15) is 0 Å². The topological polar surface area (TPSA) is 72.8 Å². The highest BCUT2D eigenvalue weighted by atomic mass is 16.5. The average molecular weight is 264 g/mol. The molecule has 0 radical (unpaired) electrons. The molecular formula is C14H16O5. The summed E-state index contributed by atoms with van der Waals surface area (Å²) in [4.78, 5) is 21.6. The molecule has 0 aliphatic rings. The van der Waals surface area contributed by atoms with Crippen LogP contribution in [0.5, 0.6) is 5.75 Å². The highest BCUT2D eigenvalue weighted by Gasteiger charge is 2.03. The lowest BCUT2D eigenvalue weighted by Gasteiger charge is -2.06. The number of carboxylic acid groups (broad SMARTS) is 1. The standard InChI is InChI=1S/C14H16O5/c1-2-18-14(17)9-5-7-11-6-3-4-8-12(11)19-10-13(15)16/h3-8H,2,9-10H2,1H3,(H,15,16). The van der Waals surface area contributed by atoms with E-state index >= 15 is 0 Å². The van der Waals surface area contributed by atoms with Gasteiger partial charge < -0.3 is 14.6 Å². The predicted octanol–water partition coefficient (Wildman–Crippen LogP) is 2.12. The van der Waals surface area contributed by atoms with Crippen LogP contribution in [0.15, 0.2) is 30.3 Å². The van der Waals surface area contributed by atoms with E-state index in [0.717, 1.165) is 0 Å². The van der Waals surface area contributed by atoms with Crippen LogP contribution in [0, 0.1) is 0 Å². The molecule has 19 heavy (non-hydrogen) atoms. The van der Waals surface area contributed by atoms with Crippen molar-refractivity contribution in [1.82, 2.24) is 0 Å². The average Bonchev–Trinajstić information content (AvgIpc) is 2.38. The van der Waals surface area contributed by atoms with Gasteiger partial charge in [0, 0.05) is 5.56 Å². The van der Waals surface area contributed by atoms with Gasteiger partial charge in [0.25, 0.3) is 0 Å². The largest absolute Gasteiger partial charge is 0.481 e. The third-order valence-corrected chi connectivity index (χ3v) is 2.16. The van der Waals surface area contributed by atoms with Gasteiger partial charge in [0.15, 0.2) is 6.61 Å². The van der Waals surface area contributed by atoms with Gasteiger partial charge >= 0.3 is 11.9 Å². The van der Waals surface area contributed by atoms with Crippen LogP contribution >= 0.6 is 0 Å². The molecule has 0 aromatic heterocycles. The van der Waals surface area contributed by atoms with Gasteiger partial charge in [-0.05, 0) is 13.0 Å². The number of carbonyl (C=O) groups excluding carboxylic acids is 1. The molecule has 0 amide bonds. The SMILES string of the molecule is CCOC(=O)CC=Cc1ccccc1OCC(=O)O. The second-order valence-corrected chi connectivity index (χ2v) is 3.63. The first-order chi connectivity index (χ1) is 9.13. The molecule has 1 rings (SSSR count). The zero-order valence-corrected chi connectivity index (χ0v) is 10.7. The second kappa shape index (κ2) is 7.92.